The topological polar surface area (TPSA) is 123 Å². The molecule has 2 heterocycles. The Morgan fingerprint density at radius 3 is 2.52 bits per heavy atom. The Kier molecular flexibility index (Phi) is 4.58. The molecule has 0 aromatic heterocycles. The number of carbonyl (C=O) groups excluding carboxylic acids is 2. The summed E-state index contributed by atoms with van der Waals surface area (Å²) in [5.74, 6) is 0.363. The van der Waals surface area contributed by atoms with E-state index in [9.17, 15) is 18.0 Å². The summed E-state index contributed by atoms with van der Waals surface area (Å²) in [7, 11) is -3.92. The quantitative estimate of drug-likeness (QED) is 0.651. The zero-order valence-corrected chi connectivity index (χ0v) is 16.3. The van der Waals surface area contributed by atoms with Crippen LogP contribution in [0.5, 0.6) is 11.5 Å². The second kappa shape index (κ2) is 6.96. The highest BCUT2D eigenvalue weighted by atomic mass is 32.2. The predicted octanol–water partition coefficient (Wildman–Crippen LogP) is 1.70. The fourth-order valence-corrected chi connectivity index (χ4v) is 4.23. The van der Waals surface area contributed by atoms with E-state index in [0.29, 0.717) is 36.7 Å². The van der Waals surface area contributed by atoms with Gasteiger partial charge in [0.25, 0.3) is 15.9 Å². The van der Waals surface area contributed by atoms with E-state index in [0.717, 1.165) is 0 Å². The molecule has 152 valence electrons. The smallest absolute Gasteiger partial charge is 0.322 e. The molecule has 1 atom stereocenters. The Labute approximate surface area is 167 Å². The molecule has 0 bridgehead atoms. The lowest BCUT2D eigenvalue weighted by Crippen LogP contribution is -2.40. The van der Waals surface area contributed by atoms with Crippen LogP contribution in [0.15, 0.2) is 47.4 Å². The number of hydrogen-bond acceptors (Lipinski definition) is 6. The maximum atomic E-state index is 12.8. The van der Waals surface area contributed by atoms with E-state index >= 15 is 0 Å². The van der Waals surface area contributed by atoms with E-state index in [1.165, 1.54) is 18.2 Å². The van der Waals surface area contributed by atoms with Gasteiger partial charge in [-0.3, -0.25) is 14.8 Å². The van der Waals surface area contributed by atoms with Gasteiger partial charge in [-0.05, 0) is 36.8 Å². The van der Waals surface area contributed by atoms with Crippen molar-refractivity contribution in [3.8, 4) is 11.5 Å². The largest absolute Gasteiger partial charge is 0.490 e. The van der Waals surface area contributed by atoms with Gasteiger partial charge in [0.1, 0.15) is 5.54 Å². The average molecular weight is 417 g/mol. The number of rotatable bonds is 4. The minimum atomic E-state index is -3.92. The molecule has 2 aliphatic heterocycles. The third kappa shape index (κ3) is 3.58. The molecule has 0 radical (unpaired) electrons. The molecule has 29 heavy (non-hydrogen) atoms. The zero-order chi connectivity index (χ0) is 20.6. The van der Waals surface area contributed by atoms with Gasteiger partial charge in [-0.15, -0.1) is 0 Å². The average Bonchev–Trinajstić information content (AvgIpc) is 2.84. The first-order valence-electron chi connectivity index (χ1n) is 8.94. The van der Waals surface area contributed by atoms with Crippen molar-refractivity contribution in [2.75, 3.05) is 17.9 Å². The first-order chi connectivity index (χ1) is 13.8. The van der Waals surface area contributed by atoms with Gasteiger partial charge in [-0.1, -0.05) is 12.1 Å². The highest BCUT2D eigenvalue weighted by Gasteiger charge is 2.43. The number of sulfonamides is 1. The van der Waals surface area contributed by atoms with Gasteiger partial charge in [-0.25, -0.2) is 13.2 Å². The molecule has 10 heteroatoms. The van der Waals surface area contributed by atoms with Crippen molar-refractivity contribution in [3.05, 3.63) is 48.0 Å². The van der Waals surface area contributed by atoms with Crippen molar-refractivity contribution in [2.45, 2.75) is 23.8 Å². The van der Waals surface area contributed by atoms with E-state index in [1.54, 1.807) is 31.2 Å². The molecular weight excluding hydrogens is 398 g/mol. The summed E-state index contributed by atoms with van der Waals surface area (Å²) in [6.45, 7) is 2.50. The molecular formula is C19H19N3O6S. The third-order valence-electron chi connectivity index (χ3n) is 4.77. The summed E-state index contributed by atoms with van der Waals surface area (Å²) in [5, 5.41) is 4.73. The fraction of sp³-hybridized carbons (Fsp3) is 0.263. The van der Waals surface area contributed by atoms with Crippen LogP contribution in [0.4, 0.5) is 10.5 Å². The number of anilines is 1. The number of fused-ring (bicyclic) bond motifs is 1. The second-order valence-corrected chi connectivity index (χ2v) is 8.56. The van der Waals surface area contributed by atoms with E-state index in [4.69, 9.17) is 9.47 Å². The van der Waals surface area contributed by atoms with Gasteiger partial charge in [0.2, 0.25) is 0 Å². The number of nitrogens with one attached hydrogen (secondary N) is 3. The summed E-state index contributed by atoms with van der Waals surface area (Å²) in [5.41, 5.74) is -0.585. The molecule has 2 aromatic carbocycles. The van der Waals surface area contributed by atoms with Crippen molar-refractivity contribution >= 4 is 27.6 Å². The number of benzene rings is 2. The standard InChI is InChI=1S/C19H19N3O6S/c1-19(17(23)20-18(24)21-19)12-4-2-5-13(10-12)22-29(25,26)14-6-7-15-16(11-14)28-9-3-8-27-15/h2,4-7,10-11,22H,3,8-9H2,1H3,(H2,20,21,23,24)/t19-/m1/s1. The third-order valence-corrected chi connectivity index (χ3v) is 6.15. The molecule has 3 N–H and O–H groups in total. The van der Waals surface area contributed by atoms with Crippen LogP contribution in [0.1, 0.15) is 18.9 Å². The van der Waals surface area contributed by atoms with Crippen LogP contribution in [0.25, 0.3) is 0 Å². The minimum Gasteiger partial charge on any atom is -0.490 e. The highest BCUT2D eigenvalue weighted by molar-refractivity contribution is 7.92. The fourth-order valence-electron chi connectivity index (χ4n) is 3.16. The van der Waals surface area contributed by atoms with E-state index in [2.05, 4.69) is 15.4 Å². The number of ether oxygens (including phenoxy) is 2. The summed E-state index contributed by atoms with van der Waals surface area (Å²) in [6.07, 6.45) is 0.713. The lowest BCUT2D eigenvalue weighted by atomic mass is 9.92. The first-order valence-corrected chi connectivity index (χ1v) is 10.4. The molecule has 0 spiro atoms. The highest BCUT2D eigenvalue weighted by Crippen LogP contribution is 2.33. The molecule has 0 saturated carbocycles. The molecule has 9 nitrogen and oxygen atoms in total. The number of amides is 3. The van der Waals surface area contributed by atoms with Gasteiger partial charge in [0.05, 0.1) is 18.1 Å². The van der Waals surface area contributed by atoms with Crippen LogP contribution < -0.4 is 24.8 Å². The number of urea groups is 1. The van der Waals surface area contributed by atoms with Crippen LogP contribution in [0.3, 0.4) is 0 Å². The Bertz CT molecular complexity index is 1100. The maximum absolute atomic E-state index is 12.8. The van der Waals surface area contributed by atoms with Gasteiger partial charge < -0.3 is 14.8 Å². The molecule has 1 fully saturated rings. The van der Waals surface area contributed by atoms with Crippen LogP contribution >= 0.6 is 0 Å². The summed E-state index contributed by atoms with van der Waals surface area (Å²) < 4.78 is 39.3. The van der Waals surface area contributed by atoms with Gasteiger partial charge in [0, 0.05) is 18.2 Å². The molecule has 2 aliphatic rings. The van der Waals surface area contributed by atoms with Crippen LogP contribution in [-0.2, 0) is 20.4 Å². The lowest BCUT2D eigenvalue weighted by Gasteiger charge is -2.22. The Morgan fingerprint density at radius 1 is 1.03 bits per heavy atom. The van der Waals surface area contributed by atoms with Gasteiger partial charge in [0.15, 0.2) is 11.5 Å². The van der Waals surface area contributed by atoms with Crippen LogP contribution in [-0.4, -0.2) is 33.6 Å². The molecule has 0 aliphatic carbocycles. The Balaban J connectivity index is 1.62. The van der Waals surface area contributed by atoms with E-state index < -0.39 is 27.5 Å². The zero-order valence-electron chi connectivity index (χ0n) is 15.5. The van der Waals surface area contributed by atoms with Crippen LogP contribution in [0, 0.1) is 0 Å². The molecule has 2 aromatic rings. The second-order valence-electron chi connectivity index (χ2n) is 6.88. The first kappa shape index (κ1) is 19.1. The van der Waals surface area contributed by atoms with E-state index in [1.807, 2.05) is 0 Å². The molecule has 4 rings (SSSR count). The maximum Gasteiger partial charge on any atom is 0.322 e. The van der Waals surface area contributed by atoms with Gasteiger partial charge in [-0.2, -0.15) is 0 Å². The number of carbonyl (C=O) groups is 2. The monoisotopic (exact) mass is 417 g/mol. The SMILES string of the molecule is C[C@]1(c2cccc(NS(=O)(=O)c3ccc4c(c3)OCCCO4)c2)NC(=O)NC1=O. The minimum absolute atomic E-state index is 0.0188. The predicted molar refractivity (Wildman–Crippen MR) is 103 cm³/mol. The van der Waals surface area contributed by atoms with Crippen molar-refractivity contribution in [1.82, 2.24) is 10.6 Å². The van der Waals surface area contributed by atoms with E-state index in [-0.39, 0.29) is 10.6 Å². The van der Waals surface area contributed by atoms with Crippen molar-refractivity contribution in [1.29, 1.82) is 0 Å². The molecule has 3 amide bonds. The Hall–Kier alpha value is -3.27. The molecule has 1 saturated heterocycles. The Morgan fingerprint density at radius 2 is 1.79 bits per heavy atom. The van der Waals surface area contributed by atoms with Crippen LogP contribution in [0.2, 0.25) is 0 Å². The molecule has 0 unspecified atom stereocenters. The summed E-state index contributed by atoms with van der Waals surface area (Å²) in [4.78, 5) is 23.7. The van der Waals surface area contributed by atoms with Crippen molar-refractivity contribution in [2.24, 2.45) is 0 Å². The summed E-state index contributed by atoms with van der Waals surface area (Å²) in [6, 6.07) is 10.1. The lowest BCUT2D eigenvalue weighted by molar-refractivity contribution is -0.123. The normalized spacial score (nSPS) is 21.1. The van der Waals surface area contributed by atoms with Gasteiger partial charge >= 0.3 is 6.03 Å². The summed E-state index contributed by atoms with van der Waals surface area (Å²) >= 11 is 0. The number of hydrogen-bond donors (Lipinski definition) is 3. The van der Waals surface area contributed by atoms with Crippen molar-refractivity contribution in [3.63, 3.8) is 0 Å². The number of imide groups is 1. The van der Waals surface area contributed by atoms with Crippen molar-refractivity contribution < 1.29 is 27.5 Å².